The van der Waals surface area contributed by atoms with Crippen LogP contribution in [0, 0.1) is 11.6 Å². The molecular formula is C14H10BF6O. The van der Waals surface area contributed by atoms with Crippen LogP contribution < -0.4 is 10.2 Å². The summed E-state index contributed by atoms with van der Waals surface area (Å²) in [5.41, 5.74) is -4.74. The number of ether oxygens (including phenoxy) is 1. The van der Waals surface area contributed by atoms with Gasteiger partial charge >= 0.3 is 0 Å². The predicted molar refractivity (Wildman–Crippen MR) is 70.0 cm³/mol. The maximum Gasteiger partial charge on any atom is 0.207 e. The Bertz CT molecular complexity index is 668. The van der Waals surface area contributed by atoms with Crippen LogP contribution in [0.5, 0.6) is 5.75 Å². The summed E-state index contributed by atoms with van der Waals surface area (Å²) in [6, 6.07) is 1.80. The summed E-state index contributed by atoms with van der Waals surface area (Å²) in [5, 5.41) is 0. The van der Waals surface area contributed by atoms with Crippen molar-refractivity contribution in [2.45, 2.75) is 18.8 Å². The highest BCUT2D eigenvalue weighted by molar-refractivity contribution is 6.62. The minimum absolute atomic E-state index is 0.225. The van der Waals surface area contributed by atoms with Crippen molar-refractivity contribution in [1.29, 1.82) is 0 Å². The zero-order valence-electron chi connectivity index (χ0n) is 11.6. The molecule has 2 rings (SSSR count). The monoisotopic (exact) mass is 319 g/mol. The van der Waals surface area contributed by atoms with E-state index in [-0.39, 0.29) is 11.8 Å². The van der Waals surface area contributed by atoms with Crippen LogP contribution in [0.25, 0.3) is 0 Å². The molecule has 0 saturated carbocycles. The Morgan fingerprint density at radius 2 is 1.82 bits per heavy atom. The van der Waals surface area contributed by atoms with Gasteiger partial charge in [0.05, 0.1) is 7.11 Å². The van der Waals surface area contributed by atoms with Crippen molar-refractivity contribution in [2.75, 3.05) is 7.11 Å². The summed E-state index contributed by atoms with van der Waals surface area (Å²) in [4.78, 5) is 0. The summed E-state index contributed by atoms with van der Waals surface area (Å²) < 4.78 is 86.9. The second kappa shape index (κ2) is 5.74. The summed E-state index contributed by atoms with van der Waals surface area (Å²) >= 11 is 0. The first-order chi connectivity index (χ1) is 10.2. The molecule has 2 unspecified atom stereocenters. The van der Waals surface area contributed by atoms with E-state index >= 15 is 0 Å². The van der Waals surface area contributed by atoms with E-state index in [0.717, 1.165) is 19.2 Å². The Kier molecular flexibility index (Phi) is 4.31. The fraction of sp³-hybridized carbons (Fsp3) is 0.286. The van der Waals surface area contributed by atoms with Gasteiger partial charge in [0.2, 0.25) is 7.28 Å². The standard InChI is InChI=1S/C14H10BF6O/c1-14(21)5-7(17)10(12(19)13(14)20)15-9-6(16)3-4-8(22-2)11(9)18/h3-5,13H,1-2H3. The zero-order valence-corrected chi connectivity index (χ0v) is 11.6. The average Bonchev–Trinajstić information content (AvgIpc) is 2.44. The molecule has 117 valence electrons. The van der Waals surface area contributed by atoms with E-state index in [1.807, 2.05) is 0 Å². The lowest BCUT2D eigenvalue weighted by Crippen LogP contribution is -2.36. The second-order valence-corrected chi connectivity index (χ2v) is 4.89. The van der Waals surface area contributed by atoms with E-state index in [1.54, 1.807) is 0 Å². The van der Waals surface area contributed by atoms with Gasteiger partial charge in [-0.15, -0.1) is 0 Å². The number of methoxy groups -OCH3 is 1. The Labute approximate surface area is 123 Å². The van der Waals surface area contributed by atoms with Crippen LogP contribution in [-0.2, 0) is 0 Å². The van der Waals surface area contributed by atoms with E-state index in [0.29, 0.717) is 14.2 Å². The highest BCUT2D eigenvalue weighted by Gasteiger charge is 2.43. The molecule has 22 heavy (non-hydrogen) atoms. The van der Waals surface area contributed by atoms with Crippen molar-refractivity contribution in [3.8, 4) is 5.75 Å². The minimum Gasteiger partial charge on any atom is -0.494 e. The van der Waals surface area contributed by atoms with Gasteiger partial charge in [-0.2, -0.15) is 0 Å². The number of benzene rings is 1. The van der Waals surface area contributed by atoms with Gasteiger partial charge in [-0.05, 0) is 36.1 Å². The van der Waals surface area contributed by atoms with Crippen LogP contribution in [0.3, 0.4) is 0 Å². The van der Waals surface area contributed by atoms with E-state index in [2.05, 4.69) is 4.74 Å². The van der Waals surface area contributed by atoms with Gasteiger partial charge in [0.1, 0.15) is 17.5 Å². The summed E-state index contributed by atoms with van der Waals surface area (Å²) in [6.45, 7) is 0.653. The molecule has 1 nitrogen and oxygen atoms in total. The number of hydrogen-bond donors (Lipinski definition) is 0. The van der Waals surface area contributed by atoms with Crippen LogP contribution in [0.2, 0.25) is 0 Å². The number of alkyl halides is 2. The molecule has 0 aliphatic heterocycles. The Morgan fingerprint density at radius 1 is 1.18 bits per heavy atom. The van der Waals surface area contributed by atoms with Crippen molar-refractivity contribution >= 4 is 12.7 Å². The maximum absolute atomic E-state index is 13.9. The fourth-order valence-electron chi connectivity index (χ4n) is 2.02. The molecule has 0 heterocycles. The third-order valence-electron chi connectivity index (χ3n) is 3.24. The van der Waals surface area contributed by atoms with Gasteiger partial charge in [0.15, 0.2) is 23.4 Å². The molecule has 8 heteroatoms. The maximum atomic E-state index is 13.9. The molecule has 0 bridgehead atoms. The van der Waals surface area contributed by atoms with Gasteiger partial charge < -0.3 is 4.74 Å². The molecule has 1 radical (unpaired) electrons. The topological polar surface area (TPSA) is 9.23 Å². The average molecular weight is 319 g/mol. The largest absolute Gasteiger partial charge is 0.494 e. The molecule has 1 aliphatic carbocycles. The number of allylic oxidation sites excluding steroid dienone is 4. The van der Waals surface area contributed by atoms with E-state index in [4.69, 9.17) is 0 Å². The molecule has 0 fully saturated rings. The zero-order chi connectivity index (χ0) is 16.7. The van der Waals surface area contributed by atoms with Crippen molar-refractivity contribution in [1.82, 2.24) is 0 Å². The predicted octanol–water partition coefficient (Wildman–Crippen LogP) is 3.42. The van der Waals surface area contributed by atoms with Crippen molar-refractivity contribution in [3.05, 3.63) is 47.0 Å². The first kappa shape index (κ1) is 16.5. The number of rotatable bonds is 3. The number of hydrogen-bond acceptors (Lipinski definition) is 1. The molecule has 0 spiro atoms. The first-order valence-electron chi connectivity index (χ1n) is 6.17. The molecule has 0 aromatic heterocycles. The van der Waals surface area contributed by atoms with Gasteiger partial charge in [0.25, 0.3) is 0 Å². The lowest BCUT2D eigenvalue weighted by atomic mass is 9.60. The van der Waals surface area contributed by atoms with E-state index < -0.39 is 46.1 Å². The third-order valence-corrected chi connectivity index (χ3v) is 3.24. The van der Waals surface area contributed by atoms with Crippen molar-refractivity contribution in [3.63, 3.8) is 0 Å². The highest BCUT2D eigenvalue weighted by Crippen LogP contribution is 2.37. The normalized spacial score (nSPS) is 25.1. The van der Waals surface area contributed by atoms with Crippen LogP contribution in [0.1, 0.15) is 6.92 Å². The van der Waals surface area contributed by atoms with Gasteiger partial charge in [-0.3, -0.25) is 0 Å². The van der Waals surface area contributed by atoms with Crippen molar-refractivity contribution in [2.24, 2.45) is 0 Å². The highest BCUT2D eigenvalue weighted by atomic mass is 19.2. The molecule has 1 aromatic carbocycles. The quantitative estimate of drug-likeness (QED) is 0.613. The SMILES string of the molecule is COc1ccc(F)c([B]C2=C(F)C(F)C(C)(F)C=C2F)c1F. The second-order valence-electron chi connectivity index (χ2n) is 4.89. The number of halogens is 6. The van der Waals surface area contributed by atoms with Crippen molar-refractivity contribution < 1.29 is 31.1 Å². The summed E-state index contributed by atoms with van der Waals surface area (Å²) in [5.74, 6) is -5.92. The Morgan fingerprint density at radius 3 is 2.41 bits per heavy atom. The fourth-order valence-corrected chi connectivity index (χ4v) is 2.02. The lowest BCUT2D eigenvalue weighted by molar-refractivity contribution is 0.114. The molecule has 1 aliphatic rings. The third kappa shape index (κ3) is 2.74. The summed E-state index contributed by atoms with van der Waals surface area (Å²) in [6.07, 6.45) is -2.54. The molecule has 0 saturated heterocycles. The lowest BCUT2D eigenvalue weighted by Gasteiger charge is -2.26. The van der Waals surface area contributed by atoms with Crippen LogP contribution >= 0.6 is 0 Å². The molecule has 0 N–H and O–H groups in total. The molecule has 2 atom stereocenters. The van der Waals surface area contributed by atoms with Gasteiger partial charge in [-0.1, -0.05) is 0 Å². The Balaban J connectivity index is 2.48. The van der Waals surface area contributed by atoms with Crippen LogP contribution in [-0.4, -0.2) is 26.2 Å². The van der Waals surface area contributed by atoms with Gasteiger partial charge in [0, 0.05) is 0 Å². The molecule has 0 amide bonds. The van der Waals surface area contributed by atoms with E-state index in [1.165, 1.54) is 0 Å². The van der Waals surface area contributed by atoms with Crippen LogP contribution in [0.4, 0.5) is 26.3 Å². The Hall–Kier alpha value is -1.86. The van der Waals surface area contributed by atoms with Crippen LogP contribution in [0.15, 0.2) is 35.3 Å². The molecular weight excluding hydrogens is 309 g/mol. The smallest absolute Gasteiger partial charge is 0.207 e. The first-order valence-corrected chi connectivity index (χ1v) is 6.17. The minimum atomic E-state index is -2.88. The summed E-state index contributed by atoms with van der Waals surface area (Å²) in [7, 11) is 1.56. The van der Waals surface area contributed by atoms with Gasteiger partial charge in [-0.25, -0.2) is 26.3 Å². The van der Waals surface area contributed by atoms with E-state index in [9.17, 15) is 26.3 Å². The molecule has 1 aromatic rings.